The molecule has 182 valence electrons. The summed E-state index contributed by atoms with van der Waals surface area (Å²) in [5, 5.41) is 2.81. The fourth-order valence-corrected chi connectivity index (χ4v) is 3.96. The van der Waals surface area contributed by atoms with Crippen LogP contribution in [0.15, 0.2) is 35.9 Å². The molecular weight excluding hydrogens is 438 g/mol. The molecule has 0 N–H and O–H groups in total. The average Bonchev–Trinajstić information content (AvgIpc) is 3.23. The number of esters is 1. The number of carbonyl (C=O) groups excluding carboxylic acids is 3. The van der Waals surface area contributed by atoms with Crippen LogP contribution in [0.25, 0.3) is 11.8 Å². The van der Waals surface area contributed by atoms with Gasteiger partial charge >= 0.3 is 5.97 Å². The van der Waals surface area contributed by atoms with Crippen LogP contribution in [-0.2, 0) is 23.8 Å². The third kappa shape index (κ3) is 5.05. The van der Waals surface area contributed by atoms with Crippen molar-refractivity contribution in [3.05, 3.63) is 58.4 Å². The van der Waals surface area contributed by atoms with E-state index >= 15 is 0 Å². The summed E-state index contributed by atoms with van der Waals surface area (Å²) in [6.45, 7) is 7.12. The number of hydrogen-bond acceptors (Lipinski definition) is 6. The predicted molar refractivity (Wildman–Crippen MR) is 126 cm³/mol. The Bertz CT molecular complexity index is 1060. The predicted octanol–water partition coefficient (Wildman–Crippen LogP) is 2.53. The Labute approximate surface area is 199 Å². The van der Waals surface area contributed by atoms with Gasteiger partial charge in [0.1, 0.15) is 5.57 Å². The van der Waals surface area contributed by atoms with Crippen molar-refractivity contribution in [2.75, 3.05) is 47.1 Å². The minimum absolute atomic E-state index is 0.102. The van der Waals surface area contributed by atoms with Gasteiger partial charge in [0.25, 0.3) is 11.8 Å². The highest BCUT2D eigenvalue weighted by Gasteiger charge is 2.40. The molecule has 1 fully saturated rings. The molecule has 0 radical (unpaired) electrons. The lowest BCUT2D eigenvalue weighted by Crippen LogP contribution is -2.44. The summed E-state index contributed by atoms with van der Waals surface area (Å²) in [5.41, 5.74) is 4.01. The van der Waals surface area contributed by atoms with Gasteiger partial charge in [-0.15, -0.1) is 0 Å². The molecule has 1 aromatic carbocycles. The summed E-state index contributed by atoms with van der Waals surface area (Å²) in [7, 11) is 3.10. The van der Waals surface area contributed by atoms with Crippen molar-refractivity contribution in [1.29, 1.82) is 0 Å². The molecule has 1 aliphatic heterocycles. The van der Waals surface area contributed by atoms with Crippen molar-refractivity contribution in [2.24, 2.45) is 0 Å². The van der Waals surface area contributed by atoms with E-state index in [1.54, 1.807) is 39.4 Å². The van der Waals surface area contributed by atoms with Gasteiger partial charge < -0.3 is 18.8 Å². The zero-order valence-electron chi connectivity index (χ0n) is 20.3. The minimum Gasteiger partial charge on any atom is -0.462 e. The normalized spacial score (nSPS) is 13.7. The van der Waals surface area contributed by atoms with E-state index in [-0.39, 0.29) is 36.4 Å². The summed E-state index contributed by atoms with van der Waals surface area (Å²) in [6.07, 6.45) is 1.64. The van der Waals surface area contributed by atoms with Gasteiger partial charge in [-0.25, -0.2) is 14.8 Å². The van der Waals surface area contributed by atoms with Crippen molar-refractivity contribution < 1.29 is 28.6 Å². The van der Waals surface area contributed by atoms with Crippen LogP contribution in [0.4, 0.5) is 0 Å². The van der Waals surface area contributed by atoms with Gasteiger partial charge in [0.2, 0.25) is 0 Å². The summed E-state index contributed by atoms with van der Waals surface area (Å²) in [4.78, 5) is 38.1. The first-order chi connectivity index (χ1) is 16.3. The molecule has 0 atom stereocenters. The zero-order valence-corrected chi connectivity index (χ0v) is 20.3. The SMILES string of the molecule is CCOC(=O)c1ccc(-n2c(C)cc(C=C3C(=O)N(CCOC)N(CCOC)C3=O)c2C)cc1. The lowest BCUT2D eigenvalue weighted by Gasteiger charge is -2.26. The Kier molecular flexibility index (Phi) is 8.25. The van der Waals surface area contributed by atoms with Crippen molar-refractivity contribution >= 4 is 23.9 Å². The van der Waals surface area contributed by atoms with Gasteiger partial charge in [0.15, 0.2) is 0 Å². The number of rotatable bonds is 10. The number of nitrogens with zero attached hydrogens (tertiary/aromatic N) is 3. The second-order valence-electron chi connectivity index (χ2n) is 7.83. The molecule has 1 aromatic heterocycles. The van der Waals surface area contributed by atoms with E-state index in [0.29, 0.717) is 25.4 Å². The average molecular weight is 470 g/mol. The van der Waals surface area contributed by atoms with Crippen LogP contribution < -0.4 is 0 Å². The van der Waals surface area contributed by atoms with E-state index in [2.05, 4.69) is 0 Å². The van der Waals surface area contributed by atoms with Crippen LogP contribution in [0.5, 0.6) is 0 Å². The molecule has 9 heteroatoms. The minimum atomic E-state index is -0.366. The maximum Gasteiger partial charge on any atom is 0.338 e. The fourth-order valence-electron chi connectivity index (χ4n) is 3.96. The van der Waals surface area contributed by atoms with Gasteiger partial charge in [-0.05, 0) is 62.7 Å². The summed E-state index contributed by atoms with van der Waals surface area (Å²) >= 11 is 0. The molecule has 2 amide bonds. The molecule has 0 unspecified atom stereocenters. The third-order valence-electron chi connectivity index (χ3n) is 5.64. The fraction of sp³-hybridized carbons (Fsp3) is 0.400. The first-order valence-electron chi connectivity index (χ1n) is 11.1. The van der Waals surface area contributed by atoms with Gasteiger partial charge in [-0.3, -0.25) is 9.59 Å². The Morgan fingerprint density at radius 1 is 0.941 bits per heavy atom. The molecule has 1 saturated heterocycles. The second-order valence-corrected chi connectivity index (χ2v) is 7.83. The summed E-state index contributed by atoms with van der Waals surface area (Å²) in [6, 6.07) is 9.05. The highest BCUT2D eigenvalue weighted by molar-refractivity contribution is 6.25. The number of methoxy groups -OCH3 is 2. The summed E-state index contributed by atoms with van der Waals surface area (Å²) in [5.74, 6) is -1.08. The van der Waals surface area contributed by atoms with Crippen LogP contribution in [0.2, 0.25) is 0 Å². The molecule has 0 bridgehead atoms. The quantitative estimate of drug-likeness (QED) is 0.302. The second kappa shape index (κ2) is 11.1. The smallest absolute Gasteiger partial charge is 0.338 e. The number of amides is 2. The monoisotopic (exact) mass is 469 g/mol. The van der Waals surface area contributed by atoms with E-state index in [1.807, 2.05) is 36.6 Å². The lowest BCUT2D eigenvalue weighted by molar-refractivity contribution is -0.149. The number of aryl methyl sites for hydroxylation is 1. The molecule has 2 heterocycles. The number of hydrogen-bond donors (Lipinski definition) is 0. The van der Waals surface area contributed by atoms with Crippen molar-refractivity contribution in [3.63, 3.8) is 0 Å². The van der Waals surface area contributed by atoms with Gasteiger partial charge in [0, 0.05) is 31.3 Å². The van der Waals surface area contributed by atoms with Crippen LogP contribution in [0, 0.1) is 13.8 Å². The number of aromatic nitrogens is 1. The van der Waals surface area contributed by atoms with Gasteiger partial charge in [-0.2, -0.15) is 0 Å². The standard InChI is InChI=1S/C25H31N3O6/c1-6-34-25(31)19-7-9-21(10-8-19)28-17(2)15-20(18(28)3)16-22-23(29)26(11-13-32-4)27(24(22)30)12-14-33-5/h7-10,15-16H,6,11-14H2,1-5H3. The molecule has 3 rings (SSSR count). The molecule has 0 saturated carbocycles. The topological polar surface area (TPSA) is 90.3 Å². The van der Waals surface area contributed by atoms with Crippen molar-refractivity contribution in [1.82, 2.24) is 14.6 Å². The maximum absolute atomic E-state index is 13.1. The zero-order chi connectivity index (χ0) is 24.8. The maximum atomic E-state index is 13.1. The highest BCUT2D eigenvalue weighted by Crippen LogP contribution is 2.27. The molecular formula is C25H31N3O6. The Balaban J connectivity index is 1.93. The molecule has 1 aliphatic rings. The number of carbonyl (C=O) groups is 3. The Hall–Kier alpha value is -3.43. The van der Waals surface area contributed by atoms with Crippen LogP contribution in [0.1, 0.15) is 34.2 Å². The first kappa shape index (κ1) is 25.2. The van der Waals surface area contributed by atoms with Gasteiger partial charge in [-0.1, -0.05) is 0 Å². The Morgan fingerprint density at radius 2 is 1.50 bits per heavy atom. The van der Waals surface area contributed by atoms with Crippen molar-refractivity contribution in [3.8, 4) is 5.69 Å². The highest BCUT2D eigenvalue weighted by atomic mass is 16.5. The van der Waals surface area contributed by atoms with Crippen LogP contribution in [0.3, 0.4) is 0 Å². The van der Waals surface area contributed by atoms with E-state index in [1.165, 1.54) is 10.0 Å². The molecule has 0 spiro atoms. The first-order valence-corrected chi connectivity index (χ1v) is 11.1. The van der Waals surface area contributed by atoms with E-state index in [0.717, 1.165) is 22.6 Å². The molecule has 0 aliphatic carbocycles. The van der Waals surface area contributed by atoms with E-state index < -0.39 is 0 Å². The largest absolute Gasteiger partial charge is 0.462 e. The third-order valence-corrected chi connectivity index (χ3v) is 5.64. The Morgan fingerprint density at radius 3 is 2.00 bits per heavy atom. The molecule has 34 heavy (non-hydrogen) atoms. The van der Waals surface area contributed by atoms with E-state index in [4.69, 9.17) is 14.2 Å². The van der Waals surface area contributed by atoms with Crippen LogP contribution in [-0.4, -0.2) is 79.5 Å². The van der Waals surface area contributed by atoms with E-state index in [9.17, 15) is 14.4 Å². The number of hydrazine groups is 1. The number of benzene rings is 1. The summed E-state index contributed by atoms with van der Waals surface area (Å²) < 4.78 is 17.3. The molecule has 2 aromatic rings. The lowest BCUT2D eigenvalue weighted by atomic mass is 10.1. The van der Waals surface area contributed by atoms with Crippen LogP contribution >= 0.6 is 0 Å². The molecule has 9 nitrogen and oxygen atoms in total. The number of ether oxygens (including phenoxy) is 3. The van der Waals surface area contributed by atoms with Gasteiger partial charge in [0.05, 0.1) is 38.5 Å². The van der Waals surface area contributed by atoms with Crippen molar-refractivity contribution in [2.45, 2.75) is 20.8 Å².